The molecule has 246 valence electrons. The second-order valence-electron chi connectivity index (χ2n) is 13.5. The monoisotopic (exact) mass is 675 g/mol. The van der Waals surface area contributed by atoms with Crippen molar-refractivity contribution in [2.24, 2.45) is 0 Å². The third kappa shape index (κ3) is 4.73. The lowest BCUT2D eigenvalue weighted by Crippen LogP contribution is -2.01. The Morgan fingerprint density at radius 3 is 1.77 bits per heavy atom. The lowest BCUT2D eigenvalue weighted by atomic mass is 9.94. The summed E-state index contributed by atoms with van der Waals surface area (Å²) in [7, 11) is 0. The Hall–Kier alpha value is -7.17. The summed E-state index contributed by atoms with van der Waals surface area (Å²) < 4.78 is 6.30. The van der Waals surface area contributed by atoms with Crippen molar-refractivity contribution in [3.8, 4) is 78.7 Å². The number of benzene rings is 8. The van der Waals surface area contributed by atoms with Gasteiger partial charge in [-0.1, -0.05) is 152 Å². The van der Waals surface area contributed by atoms with Crippen LogP contribution in [0.25, 0.3) is 111 Å². The normalized spacial score (nSPS) is 11.8. The molecule has 8 aromatic carbocycles. The molecular formula is C49H29N3O. The van der Waals surface area contributed by atoms with Crippen molar-refractivity contribution in [1.82, 2.24) is 15.0 Å². The molecule has 4 nitrogen and oxygen atoms in total. The van der Waals surface area contributed by atoms with E-state index >= 15 is 0 Å². The summed E-state index contributed by atoms with van der Waals surface area (Å²) in [5.41, 5.74) is 13.9. The highest BCUT2D eigenvalue weighted by atomic mass is 16.3. The molecule has 0 atom stereocenters. The minimum Gasteiger partial charge on any atom is -0.456 e. The first-order chi connectivity index (χ1) is 26.3. The first-order valence-electron chi connectivity index (χ1n) is 17.9. The minimum atomic E-state index is 0.596. The molecule has 0 fully saturated rings. The summed E-state index contributed by atoms with van der Waals surface area (Å²) in [5.74, 6) is 1.82. The van der Waals surface area contributed by atoms with E-state index in [9.17, 15) is 0 Å². The van der Waals surface area contributed by atoms with Crippen LogP contribution in [-0.2, 0) is 0 Å². The summed E-state index contributed by atoms with van der Waals surface area (Å²) in [6, 6.07) is 61.5. The van der Waals surface area contributed by atoms with Gasteiger partial charge in [0.15, 0.2) is 17.5 Å². The maximum atomic E-state index is 6.30. The van der Waals surface area contributed by atoms with Crippen molar-refractivity contribution in [2.45, 2.75) is 0 Å². The third-order valence-electron chi connectivity index (χ3n) is 10.5. The SMILES string of the molecule is c1ccc(-c2cccc(-c3nc(-c4ccccc4-c4ccc5c(c4)-c4cccc6cccc-5c46)nc(-c4cccc5oc6ccccc6c45)n3)c2)cc1. The van der Waals surface area contributed by atoms with Crippen molar-refractivity contribution in [3.05, 3.63) is 176 Å². The van der Waals surface area contributed by atoms with Gasteiger partial charge in [-0.05, 0) is 79.5 Å². The van der Waals surface area contributed by atoms with Gasteiger partial charge in [-0.15, -0.1) is 0 Å². The molecule has 0 unspecified atom stereocenters. The second-order valence-corrected chi connectivity index (χ2v) is 13.5. The molecule has 1 aliphatic rings. The van der Waals surface area contributed by atoms with Gasteiger partial charge in [-0.3, -0.25) is 0 Å². The van der Waals surface area contributed by atoms with Crippen molar-refractivity contribution in [3.63, 3.8) is 0 Å². The van der Waals surface area contributed by atoms with Crippen LogP contribution in [0.5, 0.6) is 0 Å². The summed E-state index contributed by atoms with van der Waals surface area (Å²) in [6.45, 7) is 0. The summed E-state index contributed by atoms with van der Waals surface area (Å²) in [6.07, 6.45) is 0. The zero-order valence-electron chi connectivity index (χ0n) is 28.5. The number of hydrogen-bond donors (Lipinski definition) is 0. The van der Waals surface area contributed by atoms with Gasteiger partial charge in [0.2, 0.25) is 0 Å². The van der Waals surface area contributed by atoms with Gasteiger partial charge in [0.05, 0.1) is 0 Å². The summed E-state index contributed by atoms with van der Waals surface area (Å²) in [5, 5.41) is 4.60. The second kappa shape index (κ2) is 11.7. The minimum absolute atomic E-state index is 0.596. The summed E-state index contributed by atoms with van der Waals surface area (Å²) >= 11 is 0. The maximum absolute atomic E-state index is 6.30. The zero-order valence-corrected chi connectivity index (χ0v) is 28.5. The number of furan rings is 1. The Kier molecular flexibility index (Phi) is 6.52. The maximum Gasteiger partial charge on any atom is 0.164 e. The van der Waals surface area contributed by atoms with Crippen LogP contribution in [0.15, 0.2) is 180 Å². The van der Waals surface area contributed by atoms with Crippen LogP contribution in [0.4, 0.5) is 0 Å². The topological polar surface area (TPSA) is 51.8 Å². The van der Waals surface area contributed by atoms with Gasteiger partial charge in [0, 0.05) is 27.5 Å². The molecule has 2 aromatic heterocycles. The van der Waals surface area contributed by atoms with E-state index in [0.29, 0.717) is 17.5 Å². The largest absolute Gasteiger partial charge is 0.456 e. The van der Waals surface area contributed by atoms with Crippen molar-refractivity contribution in [2.75, 3.05) is 0 Å². The number of nitrogens with zero attached hydrogens (tertiary/aromatic N) is 3. The molecule has 0 aliphatic heterocycles. The molecule has 4 heteroatoms. The van der Waals surface area contributed by atoms with Gasteiger partial charge in [-0.2, -0.15) is 0 Å². The zero-order chi connectivity index (χ0) is 34.9. The van der Waals surface area contributed by atoms with Crippen molar-refractivity contribution in [1.29, 1.82) is 0 Å². The first-order valence-corrected chi connectivity index (χ1v) is 17.9. The Morgan fingerprint density at radius 1 is 0.302 bits per heavy atom. The molecule has 10 aromatic rings. The Labute approximate surface area is 305 Å². The molecule has 11 rings (SSSR count). The van der Waals surface area contributed by atoms with E-state index in [1.165, 1.54) is 33.0 Å². The highest BCUT2D eigenvalue weighted by Gasteiger charge is 2.23. The van der Waals surface area contributed by atoms with Crippen LogP contribution >= 0.6 is 0 Å². The highest BCUT2D eigenvalue weighted by molar-refractivity contribution is 6.16. The predicted octanol–water partition coefficient (Wildman–Crippen LogP) is 12.9. The third-order valence-corrected chi connectivity index (χ3v) is 10.5. The van der Waals surface area contributed by atoms with E-state index in [4.69, 9.17) is 19.4 Å². The number of hydrogen-bond acceptors (Lipinski definition) is 4. The number of aromatic nitrogens is 3. The van der Waals surface area contributed by atoms with Crippen LogP contribution in [0.1, 0.15) is 0 Å². The Morgan fingerprint density at radius 2 is 0.906 bits per heavy atom. The van der Waals surface area contributed by atoms with Crippen LogP contribution < -0.4 is 0 Å². The van der Waals surface area contributed by atoms with Crippen molar-refractivity contribution >= 4 is 32.7 Å². The molecule has 53 heavy (non-hydrogen) atoms. The van der Waals surface area contributed by atoms with E-state index in [0.717, 1.165) is 60.9 Å². The van der Waals surface area contributed by atoms with E-state index in [2.05, 4.69) is 140 Å². The first kappa shape index (κ1) is 29.5. The van der Waals surface area contributed by atoms with Crippen molar-refractivity contribution < 1.29 is 4.42 Å². The molecule has 0 bridgehead atoms. The standard InChI is InChI=1S/C49H29N3O/c1-2-12-30(13-3-1)32-16-8-17-34(28-32)47-50-48(52-49(51-47)41-23-11-25-44-46(41)40-20-6-7-24-43(40)53-44)39-19-5-4-18-35(39)33-26-27-36-37-21-9-14-31-15-10-22-38(45(31)37)42(36)29-33/h1-29H. The Balaban J connectivity index is 1.13. The quantitative estimate of drug-likeness (QED) is 0.182. The van der Waals surface area contributed by atoms with Crippen LogP contribution in [0.3, 0.4) is 0 Å². The van der Waals surface area contributed by atoms with Gasteiger partial charge in [0.25, 0.3) is 0 Å². The molecular weight excluding hydrogens is 647 g/mol. The van der Waals surface area contributed by atoms with E-state index in [1.807, 2.05) is 36.4 Å². The smallest absolute Gasteiger partial charge is 0.164 e. The molecule has 2 heterocycles. The van der Waals surface area contributed by atoms with Gasteiger partial charge >= 0.3 is 0 Å². The van der Waals surface area contributed by atoms with E-state index in [-0.39, 0.29) is 0 Å². The predicted molar refractivity (Wildman–Crippen MR) is 216 cm³/mol. The van der Waals surface area contributed by atoms with E-state index in [1.54, 1.807) is 0 Å². The lowest BCUT2D eigenvalue weighted by molar-refractivity contribution is 0.669. The molecule has 0 saturated carbocycles. The van der Waals surface area contributed by atoms with Crippen LogP contribution in [0.2, 0.25) is 0 Å². The number of fused-ring (bicyclic) bond motifs is 6. The fourth-order valence-electron chi connectivity index (χ4n) is 8.06. The summed E-state index contributed by atoms with van der Waals surface area (Å²) in [4.78, 5) is 15.7. The van der Waals surface area contributed by atoms with Gasteiger partial charge in [0.1, 0.15) is 11.2 Å². The number of rotatable bonds is 5. The average molecular weight is 676 g/mol. The molecule has 0 spiro atoms. The highest BCUT2D eigenvalue weighted by Crippen LogP contribution is 2.49. The van der Waals surface area contributed by atoms with Gasteiger partial charge < -0.3 is 4.42 Å². The van der Waals surface area contributed by atoms with Crippen LogP contribution in [0, 0.1) is 0 Å². The van der Waals surface area contributed by atoms with Gasteiger partial charge in [-0.25, -0.2) is 15.0 Å². The molecule has 0 radical (unpaired) electrons. The van der Waals surface area contributed by atoms with E-state index < -0.39 is 0 Å². The number of para-hydroxylation sites is 1. The fourth-order valence-corrected chi connectivity index (χ4v) is 8.06. The fraction of sp³-hybridized carbons (Fsp3) is 0. The van der Waals surface area contributed by atoms with Crippen LogP contribution in [-0.4, -0.2) is 15.0 Å². The molecule has 0 amide bonds. The average Bonchev–Trinajstić information content (AvgIpc) is 3.78. The lowest BCUT2D eigenvalue weighted by Gasteiger charge is -2.14. The molecule has 1 aliphatic carbocycles. The molecule has 0 N–H and O–H groups in total. The Bertz CT molecular complexity index is 3060. The molecule has 0 saturated heterocycles.